The highest BCUT2D eigenvalue weighted by Crippen LogP contribution is 2.33. The Labute approximate surface area is 212 Å². The summed E-state index contributed by atoms with van der Waals surface area (Å²) in [6.07, 6.45) is 5.94. The van der Waals surface area contributed by atoms with Gasteiger partial charge in [0.2, 0.25) is 11.8 Å². The summed E-state index contributed by atoms with van der Waals surface area (Å²) in [6.45, 7) is 7.72. The van der Waals surface area contributed by atoms with Gasteiger partial charge in [-0.2, -0.15) is 4.98 Å². The van der Waals surface area contributed by atoms with E-state index in [9.17, 15) is 4.79 Å². The minimum absolute atomic E-state index is 0.125. The highest BCUT2D eigenvalue weighted by molar-refractivity contribution is 5.88. The maximum absolute atomic E-state index is 12.1. The van der Waals surface area contributed by atoms with E-state index in [0.717, 1.165) is 59.7 Å². The monoisotopic (exact) mass is 492 g/mol. The second-order valence-corrected chi connectivity index (χ2v) is 10.3. The summed E-state index contributed by atoms with van der Waals surface area (Å²) in [5.41, 5.74) is 9.26. The Bertz CT molecular complexity index is 1230. The maximum Gasteiger partial charge on any atom is 0.407 e. The van der Waals surface area contributed by atoms with E-state index in [1.165, 1.54) is 0 Å². The Morgan fingerprint density at radius 1 is 1.11 bits per heavy atom. The van der Waals surface area contributed by atoms with Crippen molar-refractivity contribution in [3.63, 3.8) is 0 Å². The van der Waals surface area contributed by atoms with Crippen LogP contribution in [0.15, 0.2) is 30.5 Å². The van der Waals surface area contributed by atoms with Crippen molar-refractivity contribution in [2.45, 2.75) is 77.5 Å². The van der Waals surface area contributed by atoms with E-state index in [1.807, 2.05) is 33.0 Å². The summed E-state index contributed by atoms with van der Waals surface area (Å²) in [5.74, 6) is 1.54. The largest absolute Gasteiger partial charge is 0.480 e. The van der Waals surface area contributed by atoms with Gasteiger partial charge in [0.05, 0.1) is 12.6 Å². The number of benzene rings is 1. The molecule has 1 aliphatic carbocycles. The van der Waals surface area contributed by atoms with E-state index in [-0.39, 0.29) is 18.2 Å². The molecule has 1 saturated carbocycles. The van der Waals surface area contributed by atoms with Gasteiger partial charge in [0.15, 0.2) is 0 Å². The van der Waals surface area contributed by atoms with Gasteiger partial charge in [0, 0.05) is 29.2 Å². The number of carbonyl (C=O) groups excluding carboxylic acids is 1. The molecule has 0 bridgehead atoms. The van der Waals surface area contributed by atoms with Crippen molar-refractivity contribution in [1.29, 1.82) is 0 Å². The first-order chi connectivity index (χ1) is 17.1. The van der Waals surface area contributed by atoms with Crippen LogP contribution in [0.25, 0.3) is 22.0 Å². The molecule has 1 fully saturated rings. The fourth-order valence-electron chi connectivity index (χ4n) is 4.58. The smallest absolute Gasteiger partial charge is 0.407 e. The number of hydrogen-bond donors (Lipinski definition) is 3. The lowest BCUT2D eigenvalue weighted by molar-refractivity contribution is 0.0492. The number of carbonyl (C=O) groups is 1. The van der Waals surface area contributed by atoms with Gasteiger partial charge in [0.1, 0.15) is 11.4 Å². The SMILES string of the molecule is CCc1cc(-c2ccc(N)nc2OC)cc2cnc(NC3CCC(NC(=O)OC(C)(C)C)CC3)nc12. The molecule has 2 heterocycles. The Morgan fingerprint density at radius 3 is 2.50 bits per heavy atom. The van der Waals surface area contributed by atoms with Crippen LogP contribution in [0.2, 0.25) is 0 Å². The number of rotatable bonds is 6. The minimum Gasteiger partial charge on any atom is -0.480 e. The van der Waals surface area contributed by atoms with E-state index >= 15 is 0 Å². The molecular formula is C27H36N6O3. The van der Waals surface area contributed by atoms with Crippen LogP contribution in [0.4, 0.5) is 16.6 Å². The van der Waals surface area contributed by atoms with Crippen LogP contribution in [0.1, 0.15) is 58.9 Å². The third-order valence-corrected chi connectivity index (χ3v) is 6.31. The first kappa shape index (κ1) is 25.5. The number of anilines is 2. The number of nitrogens with two attached hydrogens (primary N) is 1. The summed E-state index contributed by atoms with van der Waals surface area (Å²) in [7, 11) is 1.59. The number of methoxy groups -OCH3 is 1. The molecular weight excluding hydrogens is 456 g/mol. The van der Waals surface area contributed by atoms with Crippen molar-refractivity contribution in [1.82, 2.24) is 20.3 Å². The quantitative estimate of drug-likeness (QED) is 0.434. The second-order valence-electron chi connectivity index (χ2n) is 10.3. The molecule has 0 spiro atoms. The van der Waals surface area contributed by atoms with Crippen molar-refractivity contribution in [2.75, 3.05) is 18.2 Å². The highest BCUT2D eigenvalue weighted by Gasteiger charge is 2.25. The number of nitrogens with one attached hydrogen (secondary N) is 2. The molecule has 2 aromatic heterocycles. The maximum atomic E-state index is 12.1. The normalized spacial score (nSPS) is 18.0. The third-order valence-electron chi connectivity index (χ3n) is 6.31. The van der Waals surface area contributed by atoms with Crippen molar-refractivity contribution >= 4 is 28.8 Å². The first-order valence-corrected chi connectivity index (χ1v) is 12.5. The molecule has 3 aromatic rings. The van der Waals surface area contributed by atoms with E-state index < -0.39 is 5.60 Å². The van der Waals surface area contributed by atoms with E-state index in [2.05, 4.69) is 39.7 Å². The van der Waals surface area contributed by atoms with Crippen LogP contribution in [0.5, 0.6) is 5.88 Å². The van der Waals surface area contributed by atoms with Gasteiger partial charge >= 0.3 is 6.09 Å². The molecule has 0 radical (unpaired) electrons. The Balaban J connectivity index is 1.46. The van der Waals surface area contributed by atoms with Crippen molar-refractivity contribution < 1.29 is 14.3 Å². The zero-order chi connectivity index (χ0) is 25.9. The minimum atomic E-state index is -0.494. The lowest BCUT2D eigenvalue weighted by Gasteiger charge is -2.30. The number of nitrogen functional groups attached to an aromatic ring is 1. The molecule has 1 aromatic carbocycles. The Kier molecular flexibility index (Phi) is 7.47. The van der Waals surface area contributed by atoms with Gasteiger partial charge in [-0.05, 0) is 88.3 Å². The molecule has 1 amide bonds. The number of amides is 1. The Morgan fingerprint density at radius 2 is 1.83 bits per heavy atom. The molecule has 9 heteroatoms. The molecule has 0 aliphatic heterocycles. The van der Waals surface area contributed by atoms with Crippen LogP contribution in [0.3, 0.4) is 0 Å². The molecule has 0 atom stereocenters. The number of nitrogens with zero attached hydrogens (tertiary/aromatic N) is 3. The number of aromatic nitrogens is 3. The third kappa shape index (κ3) is 6.13. The summed E-state index contributed by atoms with van der Waals surface area (Å²) in [6, 6.07) is 8.26. The summed E-state index contributed by atoms with van der Waals surface area (Å²) < 4.78 is 10.8. The predicted molar refractivity (Wildman–Crippen MR) is 142 cm³/mol. The molecule has 192 valence electrons. The number of ether oxygens (including phenoxy) is 2. The van der Waals surface area contributed by atoms with E-state index in [1.54, 1.807) is 13.2 Å². The van der Waals surface area contributed by atoms with Crippen LogP contribution in [0, 0.1) is 0 Å². The zero-order valence-electron chi connectivity index (χ0n) is 21.7. The summed E-state index contributed by atoms with van der Waals surface area (Å²) in [5, 5.41) is 7.44. The van der Waals surface area contributed by atoms with Crippen LogP contribution >= 0.6 is 0 Å². The second kappa shape index (κ2) is 10.6. The van der Waals surface area contributed by atoms with Gasteiger partial charge in [0.25, 0.3) is 0 Å². The lowest BCUT2D eigenvalue weighted by atomic mass is 9.91. The summed E-state index contributed by atoms with van der Waals surface area (Å²) >= 11 is 0. The van der Waals surface area contributed by atoms with Crippen molar-refractivity contribution in [3.05, 3.63) is 36.0 Å². The fraction of sp³-hybridized carbons (Fsp3) is 0.481. The number of alkyl carbamates (subject to hydrolysis) is 1. The topological polar surface area (TPSA) is 124 Å². The predicted octanol–water partition coefficient (Wildman–Crippen LogP) is 5.09. The van der Waals surface area contributed by atoms with E-state index in [0.29, 0.717) is 17.6 Å². The average Bonchev–Trinajstić information content (AvgIpc) is 2.83. The number of aryl methyl sites for hydroxylation is 1. The standard InChI is InChI=1S/C27H36N6O3/c1-6-16-13-17(21-11-12-22(28)32-24(21)35-5)14-18-15-29-25(33-23(16)18)30-19-7-9-20(10-8-19)31-26(34)36-27(2,3)4/h11-15,19-20H,6-10H2,1-5H3,(H2,28,32)(H,31,34)(H,29,30,33). The lowest BCUT2D eigenvalue weighted by Crippen LogP contribution is -2.42. The van der Waals surface area contributed by atoms with Crippen LogP contribution in [-0.4, -0.2) is 45.8 Å². The number of fused-ring (bicyclic) bond motifs is 1. The highest BCUT2D eigenvalue weighted by atomic mass is 16.6. The molecule has 0 unspecified atom stereocenters. The molecule has 0 saturated heterocycles. The molecule has 1 aliphatic rings. The molecule has 9 nitrogen and oxygen atoms in total. The van der Waals surface area contributed by atoms with Crippen LogP contribution in [-0.2, 0) is 11.2 Å². The summed E-state index contributed by atoms with van der Waals surface area (Å²) in [4.78, 5) is 25.8. The van der Waals surface area contributed by atoms with Crippen molar-refractivity contribution in [3.8, 4) is 17.0 Å². The average molecular weight is 493 g/mol. The number of hydrogen-bond acceptors (Lipinski definition) is 8. The number of pyridine rings is 1. The molecule has 36 heavy (non-hydrogen) atoms. The van der Waals surface area contributed by atoms with Crippen LogP contribution < -0.4 is 21.1 Å². The fourth-order valence-corrected chi connectivity index (χ4v) is 4.58. The zero-order valence-corrected chi connectivity index (χ0v) is 21.7. The molecule has 4 N–H and O–H groups in total. The van der Waals surface area contributed by atoms with Gasteiger partial charge in [-0.1, -0.05) is 6.92 Å². The molecule has 4 rings (SSSR count). The van der Waals surface area contributed by atoms with Gasteiger partial charge < -0.3 is 25.8 Å². The van der Waals surface area contributed by atoms with Gasteiger partial charge in [-0.15, -0.1) is 0 Å². The van der Waals surface area contributed by atoms with Crippen molar-refractivity contribution in [2.24, 2.45) is 0 Å². The van der Waals surface area contributed by atoms with Gasteiger partial charge in [-0.25, -0.2) is 14.8 Å². The first-order valence-electron chi connectivity index (χ1n) is 12.5. The Hall–Kier alpha value is -3.62. The van der Waals surface area contributed by atoms with E-state index in [4.69, 9.17) is 20.2 Å². The van der Waals surface area contributed by atoms with Gasteiger partial charge in [-0.3, -0.25) is 0 Å².